The molecule has 0 bridgehead atoms. The summed E-state index contributed by atoms with van der Waals surface area (Å²) in [7, 11) is 0. The maximum absolute atomic E-state index is 5.51. The van der Waals surface area contributed by atoms with E-state index in [2.05, 4.69) is 52.2 Å². The summed E-state index contributed by atoms with van der Waals surface area (Å²) in [6.45, 7) is 7.07. The van der Waals surface area contributed by atoms with Gasteiger partial charge in [-0.1, -0.05) is 13.8 Å². The predicted molar refractivity (Wildman–Crippen MR) is 80.3 cm³/mol. The lowest BCUT2D eigenvalue weighted by Crippen LogP contribution is -2.15. The Bertz CT molecular complexity index is 550. The Balaban J connectivity index is 2.22. The minimum Gasteiger partial charge on any atom is -0.366 e. The lowest BCUT2D eigenvalue weighted by atomic mass is 10.0. The van der Waals surface area contributed by atoms with Crippen molar-refractivity contribution in [2.24, 2.45) is 5.84 Å². The number of aryl methyl sites for hydroxylation is 1. The van der Waals surface area contributed by atoms with Gasteiger partial charge in [-0.25, -0.2) is 15.8 Å². The Morgan fingerprint density at radius 3 is 2.58 bits per heavy atom. The minimum atomic E-state index is 0.290. The monoisotopic (exact) mass is 277 g/mol. The van der Waals surface area contributed by atoms with Crippen molar-refractivity contribution >= 4 is 23.0 Å². The zero-order chi connectivity index (χ0) is 13.8. The second-order valence-electron chi connectivity index (χ2n) is 4.72. The first-order valence-electron chi connectivity index (χ1n) is 6.20. The zero-order valence-corrected chi connectivity index (χ0v) is 12.2. The number of anilines is 2. The van der Waals surface area contributed by atoms with Gasteiger partial charge in [-0.15, -0.1) is 0 Å². The molecule has 0 aliphatic rings. The van der Waals surface area contributed by atoms with Crippen LogP contribution in [0.25, 0.3) is 0 Å². The Morgan fingerprint density at radius 2 is 2.00 bits per heavy atom. The van der Waals surface area contributed by atoms with E-state index in [1.807, 2.05) is 0 Å². The van der Waals surface area contributed by atoms with Gasteiger partial charge in [-0.3, -0.25) is 0 Å². The summed E-state index contributed by atoms with van der Waals surface area (Å²) in [6.07, 6.45) is 1.52. The van der Waals surface area contributed by atoms with Gasteiger partial charge in [0, 0.05) is 12.1 Å². The molecule has 0 saturated heterocycles. The van der Waals surface area contributed by atoms with E-state index in [1.165, 1.54) is 17.5 Å². The van der Waals surface area contributed by atoms with Gasteiger partial charge >= 0.3 is 0 Å². The first-order valence-corrected chi connectivity index (χ1v) is 7.14. The predicted octanol–water partition coefficient (Wildman–Crippen LogP) is 2.87. The highest BCUT2D eigenvalue weighted by atomic mass is 32.1. The topological polar surface area (TPSA) is 75.9 Å². The molecule has 0 fully saturated rings. The normalized spacial score (nSPS) is 10.8. The van der Waals surface area contributed by atoms with Gasteiger partial charge in [0.2, 0.25) is 0 Å². The van der Waals surface area contributed by atoms with Crippen LogP contribution in [-0.2, 0) is 6.54 Å². The van der Waals surface area contributed by atoms with Gasteiger partial charge in [0.1, 0.15) is 18.0 Å². The van der Waals surface area contributed by atoms with Crippen molar-refractivity contribution in [3.05, 3.63) is 33.8 Å². The third kappa shape index (κ3) is 3.02. The van der Waals surface area contributed by atoms with E-state index < -0.39 is 0 Å². The van der Waals surface area contributed by atoms with Gasteiger partial charge in [-0.05, 0) is 34.7 Å². The van der Waals surface area contributed by atoms with Gasteiger partial charge in [0.15, 0.2) is 0 Å². The summed E-state index contributed by atoms with van der Waals surface area (Å²) in [5, 5.41) is 7.67. The highest BCUT2D eigenvalue weighted by Crippen LogP contribution is 2.28. The lowest BCUT2D eigenvalue weighted by Gasteiger charge is -2.16. The van der Waals surface area contributed by atoms with Crippen molar-refractivity contribution < 1.29 is 0 Å². The van der Waals surface area contributed by atoms with Crippen LogP contribution in [0.3, 0.4) is 0 Å². The SMILES string of the molecule is Cc1cscc1CNc1ncnc(NN)c1C(C)C. The summed E-state index contributed by atoms with van der Waals surface area (Å²) in [5.41, 5.74) is 6.24. The largest absolute Gasteiger partial charge is 0.366 e. The molecule has 5 nitrogen and oxygen atoms in total. The number of aromatic nitrogens is 2. The molecule has 0 atom stereocenters. The molecule has 0 aromatic carbocycles. The van der Waals surface area contributed by atoms with E-state index in [0.717, 1.165) is 17.9 Å². The van der Waals surface area contributed by atoms with Gasteiger partial charge in [0.25, 0.3) is 0 Å². The molecule has 0 aliphatic heterocycles. The number of nitrogen functional groups attached to an aromatic ring is 1. The Labute approximate surface area is 117 Å². The Kier molecular flexibility index (Phi) is 4.34. The first-order chi connectivity index (χ1) is 9.13. The standard InChI is InChI=1S/C13H19N5S/c1-8(2)11-12(16-7-17-13(11)18-14)15-4-10-6-19-5-9(10)3/h5-8H,4,14H2,1-3H3,(H2,15,16,17,18). The molecule has 0 spiro atoms. The second kappa shape index (κ2) is 5.99. The smallest absolute Gasteiger partial charge is 0.148 e. The number of rotatable bonds is 5. The van der Waals surface area contributed by atoms with Crippen LogP contribution in [0.1, 0.15) is 36.5 Å². The maximum Gasteiger partial charge on any atom is 0.148 e. The summed E-state index contributed by atoms with van der Waals surface area (Å²) in [4.78, 5) is 8.48. The summed E-state index contributed by atoms with van der Waals surface area (Å²) in [5.74, 6) is 7.31. The molecule has 2 rings (SSSR count). The van der Waals surface area contributed by atoms with Crippen LogP contribution in [0.5, 0.6) is 0 Å². The molecule has 2 aromatic heterocycles. The number of hydrogen-bond donors (Lipinski definition) is 3. The fourth-order valence-corrected chi connectivity index (χ4v) is 2.80. The van der Waals surface area contributed by atoms with Crippen molar-refractivity contribution in [3.8, 4) is 0 Å². The van der Waals surface area contributed by atoms with Crippen LogP contribution in [0.2, 0.25) is 0 Å². The van der Waals surface area contributed by atoms with Crippen molar-refractivity contribution in [2.75, 3.05) is 10.7 Å². The van der Waals surface area contributed by atoms with Gasteiger partial charge in [-0.2, -0.15) is 11.3 Å². The molecular formula is C13H19N5S. The fraction of sp³-hybridized carbons (Fsp3) is 0.385. The molecule has 19 heavy (non-hydrogen) atoms. The Hall–Kier alpha value is -1.66. The maximum atomic E-state index is 5.51. The van der Waals surface area contributed by atoms with Gasteiger partial charge < -0.3 is 10.7 Å². The third-order valence-electron chi connectivity index (χ3n) is 3.01. The highest BCUT2D eigenvalue weighted by Gasteiger charge is 2.14. The van der Waals surface area contributed by atoms with Crippen molar-refractivity contribution in [1.29, 1.82) is 0 Å². The quantitative estimate of drug-likeness (QED) is 0.579. The summed E-state index contributed by atoms with van der Waals surface area (Å²) >= 11 is 1.71. The van der Waals surface area contributed by atoms with E-state index in [9.17, 15) is 0 Å². The van der Waals surface area contributed by atoms with Crippen LogP contribution in [0.4, 0.5) is 11.6 Å². The molecule has 4 N–H and O–H groups in total. The molecule has 0 saturated carbocycles. The van der Waals surface area contributed by atoms with Crippen LogP contribution in [0.15, 0.2) is 17.1 Å². The lowest BCUT2D eigenvalue weighted by molar-refractivity contribution is 0.844. The number of nitrogens with zero attached hydrogens (tertiary/aromatic N) is 2. The van der Waals surface area contributed by atoms with Crippen molar-refractivity contribution in [1.82, 2.24) is 9.97 Å². The third-order valence-corrected chi connectivity index (χ3v) is 3.92. The van der Waals surface area contributed by atoms with Crippen LogP contribution in [-0.4, -0.2) is 9.97 Å². The van der Waals surface area contributed by atoms with E-state index in [-0.39, 0.29) is 0 Å². The van der Waals surface area contributed by atoms with Crippen molar-refractivity contribution in [3.63, 3.8) is 0 Å². The highest BCUT2D eigenvalue weighted by molar-refractivity contribution is 7.08. The second-order valence-corrected chi connectivity index (χ2v) is 5.46. The van der Waals surface area contributed by atoms with Crippen LogP contribution < -0.4 is 16.6 Å². The molecule has 0 unspecified atom stereocenters. The van der Waals surface area contributed by atoms with Gasteiger partial charge in [0.05, 0.1) is 0 Å². The zero-order valence-electron chi connectivity index (χ0n) is 11.4. The molecular weight excluding hydrogens is 258 g/mol. The molecule has 6 heteroatoms. The average Bonchev–Trinajstić information content (AvgIpc) is 2.81. The van der Waals surface area contributed by atoms with E-state index in [1.54, 1.807) is 11.3 Å². The number of hydrogen-bond acceptors (Lipinski definition) is 6. The summed E-state index contributed by atoms with van der Waals surface area (Å²) < 4.78 is 0. The average molecular weight is 277 g/mol. The Morgan fingerprint density at radius 1 is 1.26 bits per heavy atom. The number of thiophene rings is 1. The van der Waals surface area contributed by atoms with Crippen molar-refractivity contribution in [2.45, 2.75) is 33.2 Å². The molecule has 0 amide bonds. The number of hydrazine groups is 1. The van der Waals surface area contributed by atoms with E-state index >= 15 is 0 Å². The summed E-state index contributed by atoms with van der Waals surface area (Å²) in [6, 6.07) is 0. The fourth-order valence-electron chi connectivity index (χ4n) is 1.95. The van der Waals surface area contributed by atoms with E-state index in [0.29, 0.717) is 11.7 Å². The van der Waals surface area contributed by atoms with E-state index in [4.69, 9.17) is 5.84 Å². The van der Waals surface area contributed by atoms with Crippen LogP contribution in [0, 0.1) is 6.92 Å². The first kappa shape index (κ1) is 13.8. The minimum absolute atomic E-state index is 0.290. The molecule has 102 valence electrons. The number of nitrogens with one attached hydrogen (secondary N) is 2. The molecule has 0 aliphatic carbocycles. The molecule has 2 heterocycles. The molecule has 2 aromatic rings. The number of nitrogens with two attached hydrogens (primary N) is 1. The molecule has 0 radical (unpaired) electrons. The van der Waals surface area contributed by atoms with Crippen LogP contribution >= 0.6 is 11.3 Å².